The first-order chi connectivity index (χ1) is 8.54. The van der Waals surface area contributed by atoms with Crippen LogP contribution >= 0.6 is 0 Å². The van der Waals surface area contributed by atoms with Crippen LogP contribution in [-0.2, 0) is 4.79 Å². The summed E-state index contributed by atoms with van der Waals surface area (Å²) < 4.78 is 5.60. The maximum atomic E-state index is 11.5. The molecule has 0 aliphatic heterocycles. The van der Waals surface area contributed by atoms with Crippen molar-refractivity contribution in [1.82, 2.24) is 0 Å². The number of nitrogens with one attached hydrogen (secondary N) is 1. The van der Waals surface area contributed by atoms with Gasteiger partial charge in [-0.25, -0.2) is 0 Å². The number of carbonyl (C=O) groups excluding carboxylic acids is 1. The van der Waals surface area contributed by atoms with Crippen molar-refractivity contribution in [2.24, 2.45) is 5.73 Å². The number of carbonyl (C=O) groups is 1. The molecule has 0 fully saturated rings. The van der Waals surface area contributed by atoms with E-state index in [0.717, 1.165) is 36.4 Å². The van der Waals surface area contributed by atoms with E-state index >= 15 is 0 Å². The maximum absolute atomic E-state index is 11.5. The second-order valence-corrected chi connectivity index (χ2v) is 4.46. The third kappa shape index (κ3) is 4.37. The number of rotatable bonds is 6. The average Bonchev–Trinajstić information content (AvgIpc) is 2.32. The van der Waals surface area contributed by atoms with Gasteiger partial charge >= 0.3 is 0 Å². The molecule has 0 aliphatic carbocycles. The van der Waals surface area contributed by atoms with Gasteiger partial charge in [-0.3, -0.25) is 4.79 Å². The molecule has 3 N–H and O–H groups in total. The molecule has 1 atom stereocenters. The van der Waals surface area contributed by atoms with E-state index in [1.165, 1.54) is 0 Å². The smallest absolute Gasteiger partial charge is 0.241 e. The summed E-state index contributed by atoms with van der Waals surface area (Å²) in [4.78, 5) is 11.5. The van der Waals surface area contributed by atoms with Gasteiger partial charge in [0.2, 0.25) is 5.91 Å². The van der Waals surface area contributed by atoms with Crippen LogP contribution in [0.25, 0.3) is 0 Å². The van der Waals surface area contributed by atoms with Crippen molar-refractivity contribution in [3.05, 3.63) is 23.8 Å². The quantitative estimate of drug-likeness (QED) is 0.762. The first kappa shape index (κ1) is 14.5. The van der Waals surface area contributed by atoms with E-state index in [1.54, 1.807) is 6.92 Å². The van der Waals surface area contributed by atoms with Crippen LogP contribution < -0.4 is 15.8 Å². The predicted molar refractivity (Wildman–Crippen MR) is 73.9 cm³/mol. The molecule has 0 aliphatic rings. The van der Waals surface area contributed by atoms with Gasteiger partial charge in [-0.05, 0) is 44.0 Å². The number of aryl methyl sites for hydroxylation is 1. The molecular weight excluding hydrogens is 228 g/mol. The van der Waals surface area contributed by atoms with E-state index in [-0.39, 0.29) is 5.91 Å². The summed E-state index contributed by atoms with van der Waals surface area (Å²) in [5, 5.41) is 2.78. The largest absolute Gasteiger partial charge is 0.494 e. The van der Waals surface area contributed by atoms with Crippen molar-refractivity contribution < 1.29 is 9.53 Å². The summed E-state index contributed by atoms with van der Waals surface area (Å²) in [5.41, 5.74) is 7.26. The van der Waals surface area contributed by atoms with E-state index in [0.29, 0.717) is 0 Å². The number of ether oxygens (including phenoxy) is 1. The fourth-order valence-corrected chi connectivity index (χ4v) is 1.45. The summed E-state index contributed by atoms with van der Waals surface area (Å²) in [6, 6.07) is 5.12. The highest BCUT2D eigenvalue weighted by Crippen LogP contribution is 2.21. The van der Waals surface area contributed by atoms with Gasteiger partial charge in [-0.2, -0.15) is 0 Å². The van der Waals surface area contributed by atoms with E-state index in [2.05, 4.69) is 12.2 Å². The van der Waals surface area contributed by atoms with Crippen LogP contribution in [0, 0.1) is 6.92 Å². The van der Waals surface area contributed by atoms with Crippen molar-refractivity contribution in [2.75, 3.05) is 11.9 Å². The van der Waals surface area contributed by atoms with E-state index in [1.807, 2.05) is 25.1 Å². The van der Waals surface area contributed by atoms with Gasteiger partial charge < -0.3 is 15.8 Å². The Labute approximate surface area is 109 Å². The lowest BCUT2D eigenvalue weighted by atomic mass is 10.2. The van der Waals surface area contributed by atoms with Gasteiger partial charge in [0.15, 0.2) is 0 Å². The summed E-state index contributed by atoms with van der Waals surface area (Å²) in [6.45, 7) is 6.44. The highest BCUT2D eigenvalue weighted by molar-refractivity contribution is 5.95. The molecular formula is C14H22N2O2. The molecule has 4 nitrogen and oxygen atoms in total. The van der Waals surface area contributed by atoms with E-state index in [4.69, 9.17) is 10.5 Å². The van der Waals surface area contributed by atoms with Crippen molar-refractivity contribution in [3.8, 4) is 5.75 Å². The monoisotopic (exact) mass is 250 g/mol. The van der Waals surface area contributed by atoms with Gasteiger partial charge in [-0.15, -0.1) is 0 Å². The molecule has 0 saturated carbocycles. The molecule has 4 heteroatoms. The van der Waals surface area contributed by atoms with Gasteiger partial charge in [0, 0.05) is 5.69 Å². The number of unbranched alkanes of at least 4 members (excludes halogenated alkanes) is 1. The van der Waals surface area contributed by atoms with Crippen molar-refractivity contribution in [2.45, 2.75) is 39.7 Å². The minimum absolute atomic E-state index is 0.183. The summed E-state index contributed by atoms with van der Waals surface area (Å²) in [5.74, 6) is 0.650. The normalized spacial score (nSPS) is 12.0. The zero-order valence-electron chi connectivity index (χ0n) is 11.3. The molecule has 1 unspecified atom stereocenters. The number of anilines is 1. The molecule has 18 heavy (non-hydrogen) atoms. The zero-order chi connectivity index (χ0) is 13.5. The standard InChI is InChI=1S/C14H22N2O2/c1-4-5-8-18-12-6-7-13(10(2)9-12)16-14(17)11(3)15/h6-7,9,11H,4-5,8,15H2,1-3H3,(H,16,17). The molecule has 1 rings (SSSR count). The van der Waals surface area contributed by atoms with Gasteiger partial charge in [0.1, 0.15) is 5.75 Å². The Balaban J connectivity index is 2.64. The highest BCUT2D eigenvalue weighted by Gasteiger charge is 2.09. The van der Waals surface area contributed by atoms with Gasteiger partial charge in [0.25, 0.3) is 0 Å². The van der Waals surface area contributed by atoms with Crippen LogP contribution in [0.1, 0.15) is 32.3 Å². The molecule has 100 valence electrons. The SMILES string of the molecule is CCCCOc1ccc(NC(=O)C(C)N)c(C)c1. The Kier molecular flexibility index (Phi) is 5.65. The fraction of sp³-hybridized carbons (Fsp3) is 0.500. The summed E-state index contributed by atoms with van der Waals surface area (Å²) >= 11 is 0. The van der Waals surface area contributed by atoms with E-state index in [9.17, 15) is 4.79 Å². The van der Waals surface area contributed by atoms with Crippen LogP contribution in [0.3, 0.4) is 0 Å². The topological polar surface area (TPSA) is 64.3 Å². The average molecular weight is 250 g/mol. The van der Waals surface area contributed by atoms with Crippen LogP contribution in [0.4, 0.5) is 5.69 Å². The molecule has 0 spiro atoms. The van der Waals surface area contributed by atoms with Crippen LogP contribution in [0.2, 0.25) is 0 Å². The Morgan fingerprint density at radius 2 is 2.22 bits per heavy atom. The molecule has 0 aromatic heterocycles. The van der Waals surface area contributed by atoms with Gasteiger partial charge in [0.05, 0.1) is 12.6 Å². The Bertz CT molecular complexity index is 403. The predicted octanol–water partition coefficient (Wildman–Crippen LogP) is 2.46. The first-order valence-electron chi connectivity index (χ1n) is 6.34. The van der Waals surface area contributed by atoms with Crippen molar-refractivity contribution in [1.29, 1.82) is 0 Å². The lowest BCUT2D eigenvalue weighted by Gasteiger charge is -2.12. The molecule has 1 amide bonds. The third-order valence-electron chi connectivity index (χ3n) is 2.64. The summed E-state index contributed by atoms with van der Waals surface area (Å²) in [6.07, 6.45) is 2.16. The number of hydrogen-bond acceptors (Lipinski definition) is 3. The number of amides is 1. The molecule has 0 heterocycles. The van der Waals surface area contributed by atoms with Crippen LogP contribution in [-0.4, -0.2) is 18.6 Å². The number of nitrogens with two attached hydrogens (primary N) is 1. The van der Waals surface area contributed by atoms with Crippen molar-refractivity contribution in [3.63, 3.8) is 0 Å². The Morgan fingerprint density at radius 3 is 2.78 bits per heavy atom. The van der Waals surface area contributed by atoms with Gasteiger partial charge in [-0.1, -0.05) is 13.3 Å². The second kappa shape index (κ2) is 7.01. The fourth-order valence-electron chi connectivity index (χ4n) is 1.45. The van der Waals surface area contributed by atoms with E-state index < -0.39 is 6.04 Å². The summed E-state index contributed by atoms with van der Waals surface area (Å²) in [7, 11) is 0. The molecule has 0 bridgehead atoms. The van der Waals surface area contributed by atoms with Crippen LogP contribution in [0.15, 0.2) is 18.2 Å². The maximum Gasteiger partial charge on any atom is 0.241 e. The third-order valence-corrected chi connectivity index (χ3v) is 2.64. The lowest BCUT2D eigenvalue weighted by Crippen LogP contribution is -2.32. The number of hydrogen-bond donors (Lipinski definition) is 2. The molecule has 1 aromatic carbocycles. The highest BCUT2D eigenvalue weighted by atomic mass is 16.5. The lowest BCUT2D eigenvalue weighted by molar-refractivity contribution is -0.117. The van der Waals surface area contributed by atoms with Crippen LogP contribution in [0.5, 0.6) is 5.75 Å². The molecule has 1 aromatic rings. The minimum Gasteiger partial charge on any atom is -0.494 e. The first-order valence-corrected chi connectivity index (χ1v) is 6.34. The zero-order valence-corrected chi connectivity index (χ0v) is 11.3. The molecule has 0 radical (unpaired) electrons. The molecule has 0 saturated heterocycles. The minimum atomic E-state index is -0.509. The number of benzene rings is 1. The second-order valence-electron chi connectivity index (χ2n) is 4.46. The Morgan fingerprint density at radius 1 is 1.50 bits per heavy atom. The van der Waals surface area contributed by atoms with Crippen molar-refractivity contribution >= 4 is 11.6 Å². The Hall–Kier alpha value is -1.55.